The van der Waals surface area contributed by atoms with Crippen molar-refractivity contribution in [3.8, 4) is 33.4 Å². The standard InChI is InChI=1S/C24H22.C18H20/c1-23(2)19-11-7-5-9-15(19)17-13-18-16-10-6-8-12-20(16)24(3,4)22(18)14-21(17)23;1-17(2)15-11-7-5-9-13(15)14-10-6-8-12-16(14)18(17,3)4/h5-14H,1-4H3;5-12H,1-4H3. The lowest BCUT2D eigenvalue weighted by Gasteiger charge is -2.48. The zero-order valence-electron chi connectivity index (χ0n) is 26.4. The van der Waals surface area contributed by atoms with Crippen molar-refractivity contribution in [1.29, 1.82) is 0 Å². The summed E-state index contributed by atoms with van der Waals surface area (Å²) in [6.07, 6.45) is 0. The first-order valence-corrected chi connectivity index (χ1v) is 15.5. The van der Waals surface area contributed by atoms with E-state index in [1.807, 2.05) is 0 Å². The summed E-state index contributed by atoms with van der Waals surface area (Å²) >= 11 is 0. The minimum absolute atomic E-state index is 0.0752. The second kappa shape index (κ2) is 8.81. The fourth-order valence-corrected chi connectivity index (χ4v) is 8.10. The molecule has 0 radical (unpaired) electrons. The van der Waals surface area contributed by atoms with E-state index in [1.54, 1.807) is 0 Å². The molecular formula is C42H42. The van der Waals surface area contributed by atoms with Crippen molar-refractivity contribution >= 4 is 0 Å². The van der Waals surface area contributed by atoms with E-state index in [4.69, 9.17) is 0 Å². The maximum Gasteiger partial charge on any atom is 0.0158 e. The number of hydrogen-bond donors (Lipinski definition) is 0. The summed E-state index contributed by atoms with van der Waals surface area (Å²) < 4.78 is 0. The molecule has 0 N–H and O–H groups in total. The highest BCUT2D eigenvalue weighted by Gasteiger charge is 2.45. The Labute approximate surface area is 252 Å². The molecule has 0 bridgehead atoms. The highest BCUT2D eigenvalue weighted by molar-refractivity contribution is 5.90. The zero-order valence-corrected chi connectivity index (χ0v) is 26.4. The van der Waals surface area contributed by atoms with E-state index < -0.39 is 0 Å². The molecule has 0 atom stereocenters. The van der Waals surface area contributed by atoms with Crippen molar-refractivity contribution in [2.45, 2.75) is 77.0 Å². The lowest BCUT2D eigenvalue weighted by atomic mass is 9.55. The average molecular weight is 547 g/mol. The van der Waals surface area contributed by atoms with E-state index in [9.17, 15) is 0 Å². The Kier molecular flexibility index (Phi) is 5.65. The summed E-state index contributed by atoms with van der Waals surface area (Å²) in [7, 11) is 0. The molecular weight excluding hydrogens is 504 g/mol. The van der Waals surface area contributed by atoms with Gasteiger partial charge in [-0.3, -0.25) is 0 Å². The molecule has 3 aliphatic rings. The van der Waals surface area contributed by atoms with Crippen LogP contribution >= 0.6 is 0 Å². The first-order chi connectivity index (χ1) is 19.9. The van der Waals surface area contributed by atoms with Gasteiger partial charge < -0.3 is 0 Å². The van der Waals surface area contributed by atoms with Crippen LogP contribution in [-0.4, -0.2) is 0 Å². The molecule has 5 aromatic carbocycles. The molecule has 0 spiro atoms. The lowest BCUT2D eigenvalue weighted by molar-refractivity contribution is 0.299. The SMILES string of the molecule is CC1(C)c2ccccc2-c2cc3c(cc21)C(C)(C)c1ccccc1-3.CC1(C)c2ccccc2-c2ccccc2C1(C)C. The van der Waals surface area contributed by atoms with Gasteiger partial charge in [0.15, 0.2) is 0 Å². The maximum atomic E-state index is 2.49. The first kappa shape index (κ1) is 27.0. The quantitative estimate of drug-likeness (QED) is 0.181. The number of fused-ring (bicyclic) bond motifs is 9. The van der Waals surface area contributed by atoms with E-state index in [-0.39, 0.29) is 21.7 Å². The Morgan fingerprint density at radius 1 is 0.286 bits per heavy atom. The topological polar surface area (TPSA) is 0 Å². The van der Waals surface area contributed by atoms with Gasteiger partial charge in [-0.1, -0.05) is 159 Å². The highest BCUT2D eigenvalue weighted by atomic mass is 14.5. The van der Waals surface area contributed by atoms with E-state index in [0.29, 0.717) is 0 Å². The summed E-state index contributed by atoms with van der Waals surface area (Å²) in [6, 6.07) is 40.4. The van der Waals surface area contributed by atoms with E-state index in [2.05, 4.69) is 165 Å². The molecule has 0 heterocycles. The molecule has 0 aromatic heterocycles. The van der Waals surface area contributed by atoms with Gasteiger partial charge in [0.1, 0.15) is 0 Å². The molecule has 42 heavy (non-hydrogen) atoms. The van der Waals surface area contributed by atoms with Gasteiger partial charge in [0.05, 0.1) is 0 Å². The molecule has 8 rings (SSSR count). The van der Waals surface area contributed by atoms with E-state index in [1.165, 1.54) is 66.8 Å². The van der Waals surface area contributed by atoms with Crippen LogP contribution in [0, 0.1) is 0 Å². The van der Waals surface area contributed by atoms with Crippen LogP contribution in [0.4, 0.5) is 0 Å². The van der Waals surface area contributed by atoms with Crippen LogP contribution < -0.4 is 0 Å². The van der Waals surface area contributed by atoms with Crippen LogP contribution in [0.25, 0.3) is 33.4 Å². The van der Waals surface area contributed by atoms with Crippen molar-refractivity contribution in [3.63, 3.8) is 0 Å². The Morgan fingerprint density at radius 3 is 0.929 bits per heavy atom. The number of benzene rings is 5. The third-order valence-electron chi connectivity index (χ3n) is 11.3. The molecule has 0 amide bonds. The smallest absolute Gasteiger partial charge is 0.0158 e. The van der Waals surface area contributed by atoms with Gasteiger partial charge in [-0.05, 0) is 83.7 Å². The third-order valence-corrected chi connectivity index (χ3v) is 11.3. The first-order valence-electron chi connectivity index (χ1n) is 15.5. The summed E-state index contributed by atoms with van der Waals surface area (Å²) in [5, 5.41) is 0. The summed E-state index contributed by atoms with van der Waals surface area (Å²) in [4.78, 5) is 0. The van der Waals surface area contributed by atoms with Gasteiger partial charge in [0.25, 0.3) is 0 Å². The summed E-state index contributed by atoms with van der Waals surface area (Å²) in [5.74, 6) is 0. The Hall–Kier alpha value is -3.90. The fourth-order valence-electron chi connectivity index (χ4n) is 8.10. The normalized spacial score (nSPS) is 18.3. The van der Waals surface area contributed by atoms with Crippen molar-refractivity contribution in [3.05, 3.63) is 143 Å². The van der Waals surface area contributed by atoms with Crippen molar-refractivity contribution in [1.82, 2.24) is 0 Å². The molecule has 5 aromatic rings. The van der Waals surface area contributed by atoms with E-state index in [0.717, 1.165) is 0 Å². The van der Waals surface area contributed by atoms with E-state index >= 15 is 0 Å². The van der Waals surface area contributed by atoms with Crippen LogP contribution in [0.3, 0.4) is 0 Å². The van der Waals surface area contributed by atoms with Gasteiger partial charge in [-0.2, -0.15) is 0 Å². The minimum atomic E-state index is 0.0752. The minimum Gasteiger partial charge on any atom is -0.0619 e. The van der Waals surface area contributed by atoms with Gasteiger partial charge in [-0.25, -0.2) is 0 Å². The van der Waals surface area contributed by atoms with Gasteiger partial charge in [-0.15, -0.1) is 0 Å². The summed E-state index contributed by atoms with van der Waals surface area (Å²) in [5.41, 5.74) is 17.7. The van der Waals surface area contributed by atoms with Gasteiger partial charge >= 0.3 is 0 Å². The second-order valence-electron chi connectivity index (χ2n) is 14.6. The predicted octanol–water partition coefficient (Wildman–Crippen LogP) is 11.2. The monoisotopic (exact) mass is 546 g/mol. The molecule has 210 valence electrons. The lowest BCUT2D eigenvalue weighted by Crippen LogP contribution is -2.43. The van der Waals surface area contributed by atoms with Gasteiger partial charge in [0.2, 0.25) is 0 Å². The molecule has 0 aliphatic heterocycles. The zero-order chi connectivity index (χ0) is 29.7. The molecule has 0 unspecified atom stereocenters. The molecule has 0 saturated carbocycles. The predicted molar refractivity (Wildman–Crippen MR) is 179 cm³/mol. The Bertz CT molecular complexity index is 1740. The van der Waals surface area contributed by atoms with Crippen molar-refractivity contribution < 1.29 is 0 Å². The second-order valence-corrected chi connectivity index (χ2v) is 14.6. The van der Waals surface area contributed by atoms with Crippen LogP contribution in [0.1, 0.15) is 88.8 Å². The van der Waals surface area contributed by atoms with Crippen molar-refractivity contribution in [2.24, 2.45) is 0 Å². The number of rotatable bonds is 0. The Balaban J connectivity index is 0.000000143. The fraction of sp³-hybridized carbons (Fsp3) is 0.286. The molecule has 0 fully saturated rings. The highest BCUT2D eigenvalue weighted by Crippen LogP contribution is 2.56. The molecule has 0 nitrogen and oxygen atoms in total. The molecule has 0 heteroatoms. The average Bonchev–Trinajstić information content (AvgIpc) is 3.35. The van der Waals surface area contributed by atoms with Crippen LogP contribution in [0.2, 0.25) is 0 Å². The Morgan fingerprint density at radius 2 is 0.571 bits per heavy atom. The third kappa shape index (κ3) is 3.48. The van der Waals surface area contributed by atoms with Gasteiger partial charge in [0, 0.05) is 10.8 Å². The molecule has 0 saturated heterocycles. The maximum absolute atomic E-state index is 2.49. The summed E-state index contributed by atoms with van der Waals surface area (Å²) in [6.45, 7) is 18.9. The van der Waals surface area contributed by atoms with Crippen LogP contribution in [-0.2, 0) is 21.7 Å². The molecule has 3 aliphatic carbocycles. The number of hydrogen-bond acceptors (Lipinski definition) is 0. The van der Waals surface area contributed by atoms with Crippen LogP contribution in [0.15, 0.2) is 109 Å². The van der Waals surface area contributed by atoms with Crippen LogP contribution in [0.5, 0.6) is 0 Å². The largest absolute Gasteiger partial charge is 0.0619 e. The van der Waals surface area contributed by atoms with Crippen molar-refractivity contribution in [2.75, 3.05) is 0 Å².